The molecule has 0 unspecified atom stereocenters. The first kappa shape index (κ1) is 17.2. The molecule has 2 aromatic heterocycles. The minimum Gasteiger partial charge on any atom is -0.245 e. The number of nitrogens with zero attached hydrogens (tertiary/aromatic N) is 2. The average Bonchev–Trinajstić information content (AvgIpc) is 3.16. The molecule has 0 saturated heterocycles. The zero-order valence-electron chi connectivity index (χ0n) is 12.9. The summed E-state index contributed by atoms with van der Waals surface area (Å²) in [6.07, 6.45) is 0.803. The Morgan fingerprint density at radius 2 is 1.62 bits per heavy atom. The number of halogens is 1. The smallest absolute Gasteiger partial charge is 0.161 e. The van der Waals surface area contributed by atoms with Gasteiger partial charge >= 0.3 is 0 Å². The molecule has 0 saturated carbocycles. The van der Waals surface area contributed by atoms with E-state index in [0.29, 0.717) is 16.4 Å². The highest BCUT2D eigenvalue weighted by Gasteiger charge is 2.17. The molecule has 2 heterocycles. The third-order valence-electron chi connectivity index (χ3n) is 3.28. The molecule has 126 valence electrons. The Morgan fingerprint density at radius 1 is 1.00 bits per heavy atom. The second kappa shape index (κ2) is 7.08. The summed E-state index contributed by atoms with van der Waals surface area (Å²) in [6, 6.07) is 5.99. The first-order valence-corrected chi connectivity index (χ1v) is 10.9. The lowest BCUT2D eigenvalue weighted by Crippen LogP contribution is -2.08. The highest BCUT2D eigenvalue weighted by atomic mass is 32.2. The molecular formula is C16H15FN2O2S3. The predicted octanol–water partition coefficient (Wildman–Crippen LogP) is 4.08. The molecule has 3 aromatic rings. The van der Waals surface area contributed by atoms with E-state index in [4.69, 9.17) is 0 Å². The molecule has 0 spiro atoms. The van der Waals surface area contributed by atoms with Crippen LogP contribution in [0.25, 0.3) is 10.6 Å². The molecule has 0 aliphatic rings. The van der Waals surface area contributed by atoms with Crippen LogP contribution in [0.3, 0.4) is 0 Å². The van der Waals surface area contributed by atoms with Crippen LogP contribution in [0.4, 0.5) is 4.39 Å². The van der Waals surface area contributed by atoms with E-state index in [2.05, 4.69) is 9.97 Å². The van der Waals surface area contributed by atoms with Crippen LogP contribution in [0.1, 0.15) is 23.3 Å². The Kier molecular flexibility index (Phi) is 5.07. The van der Waals surface area contributed by atoms with Gasteiger partial charge in [0.2, 0.25) is 0 Å². The molecule has 0 aliphatic heterocycles. The maximum atomic E-state index is 13.0. The Morgan fingerprint density at radius 3 is 2.25 bits per heavy atom. The van der Waals surface area contributed by atoms with Gasteiger partial charge in [0.05, 0.1) is 27.9 Å². The van der Waals surface area contributed by atoms with Gasteiger partial charge in [-0.15, -0.1) is 22.7 Å². The molecule has 3 rings (SSSR count). The van der Waals surface area contributed by atoms with Gasteiger partial charge in [0.25, 0.3) is 0 Å². The molecule has 24 heavy (non-hydrogen) atoms. The topological polar surface area (TPSA) is 59.9 Å². The summed E-state index contributed by atoms with van der Waals surface area (Å²) in [5, 5.41) is 5.14. The van der Waals surface area contributed by atoms with Gasteiger partial charge in [-0.25, -0.2) is 22.8 Å². The molecule has 0 aliphatic carbocycles. The quantitative estimate of drug-likeness (QED) is 0.644. The lowest BCUT2D eigenvalue weighted by Gasteiger charge is -2.00. The van der Waals surface area contributed by atoms with Gasteiger partial charge in [-0.1, -0.05) is 6.92 Å². The molecule has 0 atom stereocenters. The third-order valence-corrected chi connectivity index (χ3v) is 6.73. The molecule has 4 nitrogen and oxygen atoms in total. The normalized spacial score (nSPS) is 11.8. The van der Waals surface area contributed by atoms with E-state index in [-0.39, 0.29) is 17.3 Å². The van der Waals surface area contributed by atoms with Crippen LogP contribution >= 0.6 is 22.7 Å². The highest BCUT2D eigenvalue weighted by molar-refractivity contribution is 7.89. The lowest BCUT2D eigenvalue weighted by molar-refractivity contribution is 0.593. The predicted molar refractivity (Wildman–Crippen MR) is 95.3 cm³/mol. The number of aromatic nitrogens is 2. The Labute approximate surface area is 148 Å². The summed E-state index contributed by atoms with van der Waals surface area (Å²) in [6.45, 7) is 1.99. The second-order valence-corrected chi connectivity index (χ2v) is 9.13. The fraction of sp³-hybridized carbons (Fsp3) is 0.250. The van der Waals surface area contributed by atoms with Crippen molar-refractivity contribution in [2.24, 2.45) is 0 Å². The van der Waals surface area contributed by atoms with Crippen molar-refractivity contribution in [2.75, 3.05) is 0 Å². The first-order chi connectivity index (χ1) is 11.4. The summed E-state index contributed by atoms with van der Waals surface area (Å²) in [7, 11) is -3.33. The average molecular weight is 383 g/mol. The fourth-order valence-corrected chi connectivity index (χ4v) is 5.26. The van der Waals surface area contributed by atoms with Crippen LogP contribution in [-0.4, -0.2) is 18.4 Å². The van der Waals surface area contributed by atoms with Crippen molar-refractivity contribution in [1.82, 2.24) is 9.97 Å². The summed E-state index contributed by atoms with van der Waals surface area (Å²) >= 11 is 2.83. The van der Waals surface area contributed by atoms with Gasteiger partial charge in [-0.2, -0.15) is 0 Å². The number of sulfone groups is 1. The maximum Gasteiger partial charge on any atom is 0.161 e. The van der Waals surface area contributed by atoms with Crippen LogP contribution < -0.4 is 0 Å². The molecule has 0 amide bonds. The van der Waals surface area contributed by atoms with Gasteiger partial charge in [-0.05, 0) is 30.7 Å². The van der Waals surface area contributed by atoms with Crippen molar-refractivity contribution in [2.45, 2.75) is 24.9 Å². The third kappa shape index (κ3) is 4.25. The summed E-state index contributed by atoms with van der Waals surface area (Å²) in [5.74, 6) is -0.510. The zero-order chi connectivity index (χ0) is 17.2. The number of rotatable bonds is 6. The van der Waals surface area contributed by atoms with Crippen molar-refractivity contribution < 1.29 is 12.8 Å². The number of benzene rings is 1. The van der Waals surface area contributed by atoms with E-state index in [0.717, 1.165) is 17.0 Å². The zero-order valence-corrected chi connectivity index (χ0v) is 15.3. The van der Waals surface area contributed by atoms with Gasteiger partial charge in [0.1, 0.15) is 10.8 Å². The fourth-order valence-electron chi connectivity index (χ4n) is 2.18. The molecule has 1 aromatic carbocycles. The Hall–Kier alpha value is -1.64. The number of hydrogen-bond acceptors (Lipinski definition) is 6. The summed E-state index contributed by atoms with van der Waals surface area (Å²) in [4.78, 5) is 8.66. The van der Waals surface area contributed by atoms with Crippen LogP contribution in [0, 0.1) is 5.82 Å². The Bertz CT molecular complexity index is 930. The van der Waals surface area contributed by atoms with Crippen LogP contribution in [0.5, 0.6) is 0 Å². The minimum absolute atomic E-state index is 0.0765. The van der Waals surface area contributed by atoms with Gasteiger partial charge < -0.3 is 0 Å². The largest absolute Gasteiger partial charge is 0.245 e. The van der Waals surface area contributed by atoms with Crippen molar-refractivity contribution in [1.29, 1.82) is 0 Å². The van der Waals surface area contributed by atoms with Crippen molar-refractivity contribution in [3.8, 4) is 10.6 Å². The molecule has 8 heteroatoms. The number of thiazole rings is 2. The van der Waals surface area contributed by atoms with Crippen molar-refractivity contribution in [3.05, 3.63) is 57.2 Å². The lowest BCUT2D eigenvalue weighted by atomic mass is 10.2. The number of hydrogen-bond donors (Lipinski definition) is 0. The monoisotopic (exact) mass is 382 g/mol. The molecule has 0 bridgehead atoms. The van der Waals surface area contributed by atoms with Gasteiger partial charge in [-0.3, -0.25) is 0 Å². The van der Waals surface area contributed by atoms with Gasteiger partial charge in [0.15, 0.2) is 9.84 Å². The van der Waals surface area contributed by atoms with E-state index in [1.54, 1.807) is 22.9 Å². The highest BCUT2D eigenvalue weighted by Crippen LogP contribution is 2.25. The van der Waals surface area contributed by atoms with Crippen LogP contribution in [0.15, 0.2) is 35.0 Å². The molecule has 0 N–H and O–H groups in total. The molecular weight excluding hydrogens is 367 g/mol. The summed E-state index contributed by atoms with van der Waals surface area (Å²) in [5.41, 5.74) is 1.87. The van der Waals surface area contributed by atoms with Gasteiger partial charge in [0, 0.05) is 16.3 Å². The van der Waals surface area contributed by atoms with Crippen molar-refractivity contribution in [3.63, 3.8) is 0 Å². The van der Waals surface area contributed by atoms with Crippen LogP contribution in [-0.2, 0) is 27.8 Å². The van der Waals surface area contributed by atoms with E-state index in [9.17, 15) is 12.8 Å². The van der Waals surface area contributed by atoms with Crippen LogP contribution in [0.2, 0.25) is 0 Å². The van der Waals surface area contributed by atoms with Crippen molar-refractivity contribution >= 4 is 32.5 Å². The van der Waals surface area contributed by atoms with E-state index in [1.165, 1.54) is 34.8 Å². The summed E-state index contributed by atoms with van der Waals surface area (Å²) < 4.78 is 37.6. The second-order valence-electron chi connectivity index (χ2n) is 5.27. The molecule has 0 radical (unpaired) electrons. The molecule has 0 fully saturated rings. The minimum atomic E-state index is -3.33. The van der Waals surface area contributed by atoms with E-state index in [1.807, 2.05) is 6.92 Å². The SMILES string of the molecule is CCc1nc(CS(=O)(=O)Cc2csc(-c3ccc(F)cc3)n2)cs1. The first-order valence-electron chi connectivity index (χ1n) is 7.29. The standard InChI is InChI=1S/C16H15FN2O2S3/c1-2-15-18-13(7-22-15)9-24(20,21)10-14-8-23-16(19-14)11-3-5-12(17)6-4-11/h3-8H,2,9-10H2,1H3. The maximum absolute atomic E-state index is 13.0. The van der Waals surface area contributed by atoms with E-state index >= 15 is 0 Å². The van der Waals surface area contributed by atoms with E-state index < -0.39 is 9.84 Å². The number of aryl methyl sites for hydroxylation is 1. The Balaban J connectivity index is 1.72.